The molecular formula is C16H25N3O3S. The van der Waals surface area contributed by atoms with Crippen LogP contribution in [-0.2, 0) is 14.8 Å². The Kier molecular flexibility index (Phi) is 5.64. The largest absolute Gasteiger partial charge is 0.381 e. The topological polar surface area (TPSA) is 78.5 Å². The number of carbonyl (C=O) groups excluding carboxylic acids is 1. The van der Waals surface area contributed by atoms with Gasteiger partial charge < -0.3 is 10.2 Å². The first-order chi connectivity index (χ1) is 10.7. The zero-order valence-corrected chi connectivity index (χ0v) is 14.7. The number of hydrogen-bond acceptors (Lipinski definition) is 4. The molecule has 1 aromatic rings. The van der Waals surface area contributed by atoms with E-state index >= 15 is 0 Å². The first kappa shape index (κ1) is 17.7. The highest BCUT2D eigenvalue weighted by Gasteiger charge is 2.24. The van der Waals surface area contributed by atoms with Gasteiger partial charge in [0.05, 0.1) is 12.8 Å². The molecule has 1 unspecified atom stereocenters. The second kappa shape index (κ2) is 7.31. The highest BCUT2D eigenvalue weighted by Crippen LogP contribution is 2.19. The van der Waals surface area contributed by atoms with Crippen LogP contribution in [0.2, 0.25) is 0 Å². The zero-order chi connectivity index (χ0) is 17.0. The summed E-state index contributed by atoms with van der Waals surface area (Å²) in [6, 6.07) is 6.43. The fourth-order valence-corrected chi connectivity index (χ4v) is 3.08. The molecular weight excluding hydrogens is 314 g/mol. The van der Waals surface area contributed by atoms with Crippen LogP contribution < -0.4 is 10.0 Å². The molecule has 0 aromatic heterocycles. The molecule has 1 amide bonds. The first-order valence-corrected chi connectivity index (χ1v) is 9.70. The molecule has 1 aliphatic heterocycles. The Hall–Kier alpha value is -1.60. The first-order valence-electron chi connectivity index (χ1n) is 7.81. The van der Waals surface area contributed by atoms with Gasteiger partial charge in [0.15, 0.2) is 0 Å². The van der Waals surface area contributed by atoms with Gasteiger partial charge in [0, 0.05) is 24.8 Å². The van der Waals surface area contributed by atoms with Crippen LogP contribution in [0.4, 0.5) is 5.69 Å². The van der Waals surface area contributed by atoms with E-state index in [2.05, 4.69) is 36.0 Å². The Morgan fingerprint density at radius 1 is 1.30 bits per heavy atom. The third-order valence-electron chi connectivity index (χ3n) is 4.14. The van der Waals surface area contributed by atoms with Crippen molar-refractivity contribution in [3.05, 3.63) is 29.3 Å². The fraction of sp³-hybridized carbons (Fsp3) is 0.562. The Morgan fingerprint density at radius 2 is 2.04 bits per heavy atom. The maximum Gasteiger partial charge on any atom is 0.237 e. The summed E-state index contributed by atoms with van der Waals surface area (Å²) in [6.07, 6.45) is 2.96. The van der Waals surface area contributed by atoms with Crippen LogP contribution in [0.25, 0.3) is 0 Å². The predicted octanol–water partition coefficient (Wildman–Crippen LogP) is 1.26. The lowest BCUT2D eigenvalue weighted by atomic mass is 10.0. The van der Waals surface area contributed by atoms with Gasteiger partial charge in [0.2, 0.25) is 15.9 Å². The minimum absolute atomic E-state index is 0.171. The van der Waals surface area contributed by atoms with Crippen molar-refractivity contribution >= 4 is 21.6 Å². The van der Waals surface area contributed by atoms with E-state index in [1.165, 1.54) is 11.1 Å². The molecule has 23 heavy (non-hydrogen) atoms. The summed E-state index contributed by atoms with van der Waals surface area (Å²) in [5.74, 6) is -0.179. The monoisotopic (exact) mass is 339 g/mol. The molecule has 7 heteroatoms. The van der Waals surface area contributed by atoms with Gasteiger partial charge in [-0.3, -0.25) is 4.79 Å². The van der Waals surface area contributed by atoms with E-state index in [9.17, 15) is 13.2 Å². The Morgan fingerprint density at radius 3 is 2.70 bits per heavy atom. The van der Waals surface area contributed by atoms with E-state index in [0.29, 0.717) is 13.1 Å². The maximum atomic E-state index is 12.1. The van der Waals surface area contributed by atoms with Gasteiger partial charge in [-0.2, -0.15) is 0 Å². The number of likely N-dealkylation sites (tertiary alicyclic amines) is 1. The number of sulfonamides is 1. The molecule has 6 nitrogen and oxygen atoms in total. The summed E-state index contributed by atoms with van der Waals surface area (Å²) in [6.45, 7) is 5.25. The number of aryl methyl sites for hydroxylation is 2. The van der Waals surface area contributed by atoms with Crippen LogP contribution in [0.1, 0.15) is 24.0 Å². The van der Waals surface area contributed by atoms with Gasteiger partial charge >= 0.3 is 0 Å². The van der Waals surface area contributed by atoms with Crippen molar-refractivity contribution in [2.45, 2.75) is 32.7 Å². The van der Waals surface area contributed by atoms with Crippen molar-refractivity contribution in [2.24, 2.45) is 0 Å². The maximum absolute atomic E-state index is 12.1. The summed E-state index contributed by atoms with van der Waals surface area (Å²) in [4.78, 5) is 13.8. The van der Waals surface area contributed by atoms with Crippen LogP contribution in [0.3, 0.4) is 0 Å². The number of nitrogens with zero attached hydrogens (tertiary/aromatic N) is 1. The zero-order valence-electron chi connectivity index (χ0n) is 13.9. The van der Waals surface area contributed by atoms with Crippen molar-refractivity contribution in [3.63, 3.8) is 0 Å². The average Bonchev–Trinajstić information content (AvgIpc) is 2.48. The molecule has 2 rings (SSSR count). The third kappa shape index (κ3) is 5.51. The number of amides is 1. The quantitative estimate of drug-likeness (QED) is 0.846. The van der Waals surface area contributed by atoms with E-state index in [0.717, 1.165) is 24.8 Å². The summed E-state index contributed by atoms with van der Waals surface area (Å²) < 4.78 is 24.4. The van der Waals surface area contributed by atoms with Gasteiger partial charge in [0.1, 0.15) is 0 Å². The van der Waals surface area contributed by atoms with Gasteiger partial charge in [-0.15, -0.1) is 0 Å². The lowest BCUT2D eigenvalue weighted by Gasteiger charge is -2.34. The van der Waals surface area contributed by atoms with Crippen molar-refractivity contribution in [3.8, 4) is 0 Å². The van der Waals surface area contributed by atoms with Gasteiger partial charge in [-0.1, -0.05) is 6.07 Å². The summed E-state index contributed by atoms with van der Waals surface area (Å²) in [7, 11) is -3.34. The lowest BCUT2D eigenvalue weighted by Crippen LogP contribution is -2.48. The highest BCUT2D eigenvalue weighted by atomic mass is 32.2. The van der Waals surface area contributed by atoms with Crippen molar-refractivity contribution in [1.82, 2.24) is 9.62 Å². The van der Waals surface area contributed by atoms with Gasteiger partial charge in [-0.05, 0) is 49.9 Å². The lowest BCUT2D eigenvalue weighted by molar-refractivity contribution is -0.130. The third-order valence-corrected chi connectivity index (χ3v) is 4.81. The van der Waals surface area contributed by atoms with Gasteiger partial charge in [-0.25, -0.2) is 13.1 Å². The van der Waals surface area contributed by atoms with Crippen LogP contribution in [0.5, 0.6) is 0 Å². The second-order valence-corrected chi connectivity index (χ2v) is 8.05. The standard InChI is InChI=1S/C16H25N3O3S/c1-12-6-7-14(9-13(12)2)18-15-5-4-8-19(11-15)16(20)10-17-23(3,21)22/h6-7,9,15,17-18H,4-5,8,10-11H2,1-3H3. The van der Waals surface area contributed by atoms with Crippen molar-refractivity contribution in [1.29, 1.82) is 0 Å². The molecule has 1 aromatic carbocycles. The van der Waals surface area contributed by atoms with E-state index in [1.807, 2.05) is 6.07 Å². The highest BCUT2D eigenvalue weighted by molar-refractivity contribution is 7.88. The van der Waals surface area contributed by atoms with Crippen LogP contribution in [-0.4, -0.2) is 51.2 Å². The number of rotatable bonds is 5. The normalized spacial score (nSPS) is 18.7. The molecule has 1 fully saturated rings. The molecule has 0 bridgehead atoms. The molecule has 0 aliphatic carbocycles. The van der Waals surface area contributed by atoms with Crippen LogP contribution >= 0.6 is 0 Å². The molecule has 1 atom stereocenters. The molecule has 2 N–H and O–H groups in total. The molecule has 1 saturated heterocycles. The molecule has 1 heterocycles. The number of hydrogen-bond donors (Lipinski definition) is 2. The van der Waals surface area contributed by atoms with E-state index in [-0.39, 0.29) is 18.5 Å². The molecule has 0 radical (unpaired) electrons. The van der Waals surface area contributed by atoms with Crippen molar-refractivity contribution in [2.75, 3.05) is 31.2 Å². The number of piperidine rings is 1. The smallest absolute Gasteiger partial charge is 0.237 e. The number of anilines is 1. The minimum atomic E-state index is -3.34. The molecule has 0 saturated carbocycles. The molecule has 0 spiro atoms. The molecule has 128 valence electrons. The van der Waals surface area contributed by atoms with Crippen LogP contribution in [0, 0.1) is 13.8 Å². The van der Waals surface area contributed by atoms with Crippen LogP contribution in [0.15, 0.2) is 18.2 Å². The summed E-state index contributed by atoms with van der Waals surface area (Å²) >= 11 is 0. The summed E-state index contributed by atoms with van der Waals surface area (Å²) in [5, 5.41) is 3.47. The fourth-order valence-electron chi connectivity index (χ4n) is 2.69. The van der Waals surface area contributed by atoms with Crippen molar-refractivity contribution < 1.29 is 13.2 Å². The second-order valence-electron chi connectivity index (χ2n) is 6.22. The predicted molar refractivity (Wildman–Crippen MR) is 92.0 cm³/mol. The number of carbonyl (C=O) groups is 1. The molecule has 1 aliphatic rings. The average molecular weight is 339 g/mol. The Bertz CT molecular complexity index is 673. The van der Waals surface area contributed by atoms with Gasteiger partial charge in [0.25, 0.3) is 0 Å². The Balaban J connectivity index is 1.92. The number of benzene rings is 1. The van der Waals surface area contributed by atoms with E-state index < -0.39 is 10.0 Å². The SMILES string of the molecule is Cc1ccc(NC2CCCN(C(=O)CNS(C)(=O)=O)C2)cc1C. The Labute approximate surface area is 138 Å². The van der Waals surface area contributed by atoms with E-state index in [4.69, 9.17) is 0 Å². The minimum Gasteiger partial charge on any atom is -0.381 e. The van der Waals surface area contributed by atoms with E-state index in [1.54, 1.807) is 4.90 Å². The number of nitrogens with one attached hydrogen (secondary N) is 2. The summed E-state index contributed by atoms with van der Waals surface area (Å²) in [5.41, 5.74) is 3.54.